The SMILES string of the molecule is CC1([O])CCC1. The summed E-state index contributed by atoms with van der Waals surface area (Å²) in [4.78, 5) is 0. The summed E-state index contributed by atoms with van der Waals surface area (Å²) in [6.07, 6.45) is 2.94. The van der Waals surface area contributed by atoms with Crippen LogP contribution in [0.25, 0.3) is 0 Å². The molecule has 0 aromatic heterocycles. The summed E-state index contributed by atoms with van der Waals surface area (Å²) in [6, 6.07) is 0. The Hall–Kier alpha value is -0.0400. The lowest BCUT2D eigenvalue weighted by molar-refractivity contribution is -0.0750. The molecule has 0 bridgehead atoms. The number of rotatable bonds is 0. The molecule has 0 aromatic rings. The third-order valence-corrected chi connectivity index (χ3v) is 1.41. The van der Waals surface area contributed by atoms with Crippen LogP contribution in [0, 0.1) is 0 Å². The summed E-state index contributed by atoms with van der Waals surface area (Å²) in [6.45, 7) is 1.77. The maximum atomic E-state index is 10.6. The second-order valence-electron chi connectivity index (χ2n) is 2.30. The van der Waals surface area contributed by atoms with Crippen LogP contribution >= 0.6 is 0 Å². The van der Waals surface area contributed by atoms with Gasteiger partial charge in [0.2, 0.25) is 0 Å². The van der Waals surface area contributed by atoms with Gasteiger partial charge in [-0.15, -0.1) is 0 Å². The Morgan fingerprint density at radius 1 is 1.50 bits per heavy atom. The monoisotopic (exact) mass is 85.1 g/mol. The minimum atomic E-state index is -0.528. The Bertz CT molecular complexity index is 51.0. The van der Waals surface area contributed by atoms with Crippen LogP contribution in [-0.4, -0.2) is 5.60 Å². The molecule has 0 aromatic carbocycles. The predicted octanol–water partition coefficient (Wildman–Crippen LogP) is 1.36. The maximum Gasteiger partial charge on any atom is 0.101 e. The van der Waals surface area contributed by atoms with Gasteiger partial charge in [0, 0.05) is 0 Å². The zero-order valence-electron chi connectivity index (χ0n) is 4.03. The molecule has 0 amide bonds. The Labute approximate surface area is 38.0 Å². The fraction of sp³-hybridized carbons (Fsp3) is 1.00. The van der Waals surface area contributed by atoms with E-state index in [0.29, 0.717) is 0 Å². The first-order chi connectivity index (χ1) is 2.71. The molecule has 1 aliphatic carbocycles. The number of hydrogen-bond acceptors (Lipinski definition) is 0. The Kier molecular flexibility index (Phi) is 0.667. The maximum absolute atomic E-state index is 10.6. The Morgan fingerprint density at radius 2 is 1.83 bits per heavy atom. The van der Waals surface area contributed by atoms with E-state index >= 15 is 0 Å². The zero-order chi connectivity index (χ0) is 4.62. The fourth-order valence-corrected chi connectivity index (χ4v) is 0.675. The van der Waals surface area contributed by atoms with Crippen molar-refractivity contribution in [1.29, 1.82) is 0 Å². The molecule has 0 unspecified atom stereocenters. The molecule has 6 heavy (non-hydrogen) atoms. The molecular weight excluding hydrogens is 76.1 g/mol. The quantitative estimate of drug-likeness (QED) is 0.423. The second-order valence-corrected chi connectivity index (χ2v) is 2.30. The third kappa shape index (κ3) is 0.548. The van der Waals surface area contributed by atoms with Crippen LogP contribution in [0.5, 0.6) is 0 Å². The summed E-state index contributed by atoms with van der Waals surface area (Å²) in [7, 11) is 0. The van der Waals surface area contributed by atoms with Crippen molar-refractivity contribution in [1.82, 2.24) is 0 Å². The van der Waals surface area contributed by atoms with Gasteiger partial charge in [0.15, 0.2) is 0 Å². The molecule has 0 spiro atoms. The highest BCUT2D eigenvalue weighted by Crippen LogP contribution is 2.30. The third-order valence-electron chi connectivity index (χ3n) is 1.41. The smallest absolute Gasteiger partial charge is 0.101 e. The lowest BCUT2D eigenvalue weighted by atomic mass is 9.82. The predicted molar refractivity (Wildman–Crippen MR) is 22.9 cm³/mol. The average molecular weight is 85.1 g/mol. The van der Waals surface area contributed by atoms with E-state index in [1.807, 2.05) is 0 Å². The largest absolute Gasteiger partial charge is 0.230 e. The van der Waals surface area contributed by atoms with Crippen LogP contribution < -0.4 is 0 Å². The van der Waals surface area contributed by atoms with Gasteiger partial charge >= 0.3 is 0 Å². The van der Waals surface area contributed by atoms with Gasteiger partial charge in [-0.2, -0.15) is 0 Å². The van der Waals surface area contributed by atoms with E-state index in [2.05, 4.69) is 0 Å². The van der Waals surface area contributed by atoms with E-state index in [1.165, 1.54) is 0 Å². The van der Waals surface area contributed by atoms with E-state index in [-0.39, 0.29) is 0 Å². The normalized spacial score (nSPS) is 29.0. The highest BCUT2D eigenvalue weighted by atomic mass is 16.3. The van der Waals surface area contributed by atoms with Crippen molar-refractivity contribution in [3.05, 3.63) is 0 Å². The molecule has 0 atom stereocenters. The second kappa shape index (κ2) is 0.969. The van der Waals surface area contributed by atoms with Gasteiger partial charge in [0.25, 0.3) is 0 Å². The zero-order valence-corrected chi connectivity index (χ0v) is 4.03. The van der Waals surface area contributed by atoms with Gasteiger partial charge in [-0.25, -0.2) is 5.11 Å². The van der Waals surface area contributed by atoms with Crippen LogP contribution in [0.2, 0.25) is 0 Å². The van der Waals surface area contributed by atoms with Crippen LogP contribution in [0.4, 0.5) is 0 Å². The molecule has 1 fully saturated rings. The van der Waals surface area contributed by atoms with Crippen LogP contribution in [0.1, 0.15) is 26.2 Å². The van der Waals surface area contributed by atoms with Crippen molar-refractivity contribution in [2.75, 3.05) is 0 Å². The van der Waals surface area contributed by atoms with Crippen LogP contribution in [-0.2, 0) is 5.11 Å². The molecule has 35 valence electrons. The lowest BCUT2D eigenvalue weighted by Gasteiger charge is -2.29. The first kappa shape index (κ1) is 4.13. The van der Waals surface area contributed by atoms with Gasteiger partial charge in [-0.3, -0.25) is 0 Å². The van der Waals surface area contributed by atoms with Crippen molar-refractivity contribution >= 4 is 0 Å². The highest BCUT2D eigenvalue weighted by Gasteiger charge is 2.30. The summed E-state index contributed by atoms with van der Waals surface area (Å²) in [5.74, 6) is 0. The summed E-state index contributed by atoms with van der Waals surface area (Å²) < 4.78 is 0. The Balaban J connectivity index is 2.31. The molecule has 1 rings (SSSR count). The van der Waals surface area contributed by atoms with Crippen molar-refractivity contribution in [3.63, 3.8) is 0 Å². The van der Waals surface area contributed by atoms with E-state index < -0.39 is 5.60 Å². The Morgan fingerprint density at radius 3 is 1.83 bits per heavy atom. The van der Waals surface area contributed by atoms with Crippen molar-refractivity contribution in [3.8, 4) is 0 Å². The molecular formula is C5H9O. The molecule has 0 aliphatic heterocycles. The molecule has 0 heterocycles. The highest BCUT2D eigenvalue weighted by molar-refractivity contribution is 4.81. The van der Waals surface area contributed by atoms with Crippen LogP contribution in [0.3, 0.4) is 0 Å². The molecule has 0 saturated heterocycles. The van der Waals surface area contributed by atoms with Gasteiger partial charge in [-0.1, -0.05) is 0 Å². The summed E-state index contributed by atoms with van der Waals surface area (Å²) in [5, 5.41) is 10.6. The van der Waals surface area contributed by atoms with E-state index in [1.54, 1.807) is 6.92 Å². The fourth-order valence-electron chi connectivity index (χ4n) is 0.675. The first-order valence-electron chi connectivity index (χ1n) is 2.41. The summed E-state index contributed by atoms with van der Waals surface area (Å²) >= 11 is 0. The number of hydrogen-bond donors (Lipinski definition) is 0. The molecule has 1 nitrogen and oxygen atoms in total. The van der Waals surface area contributed by atoms with Crippen molar-refractivity contribution < 1.29 is 5.11 Å². The van der Waals surface area contributed by atoms with E-state index in [9.17, 15) is 5.11 Å². The molecule has 0 N–H and O–H groups in total. The molecule has 1 aliphatic rings. The van der Waals surface area contributed by atoms with Crippen LogP contribution in [0.15, 0.2) is 0 Å². The van der Waals surface area contributed by atoms with E-state index in [0.717, 1.165) is 19.3 Å². The topological polar surface area (TPSA) is 19.9 Å². The van der Waals surface area contributed by atoms with Gasteiger partial charge in [0.1, 0.15) is 5.60 Å². The van der Waals surface area contributed by atoms with Crippen molar-refractivity contribution in [2.45, 2.75) is 31.8 Å². The minimum absolute atomic E-state index is 0.528. The van der Waals surface area contributed by atoms with Gasteiger partial charge in [-0.05, 0) is 26.2 Å². The van der Waals surface area contributed by atoms with Gasteiger partial charge < -0.3 is 0 Å². The minimum Gasteiger partial charge on any atom is -0.230 e. The standard InChI is InChI=1S/C5H9O/c1-5(6)3-2-4-5/h2-4H2,1H3. The van der Waals surface area contributed by atoms with Crippen molar-refractivity contribution in [2.24, 2.45) is 0 Å². The summed E-state index contributed by atoms with van der Waals surface area (Å²) in [5.41, 5.74) is -0.528. The average Bonchev–Trinajstić information content (AvgIpc) is 1.32. The molecule has 1 saturated carbocycles. The van der Waals surface area contributed by atoms with Gasteiger partial charge in [0.05, 0.1) is 0 Å². The molecule has 1 radical (unpaired) electrons. The molecule has 1 heteroatoms. The van der Waals surface area contributed by atoms with E-state index in [4.69, 9.17) is 0 Å². The lowest BCUT2D eigenvalue weighted by Crippen LogP contribution is -2.30. The first-order valence-corrected chi connectivity index (χ1v) is 2.41.